The Morgan fingerprint density at radius 2 is 2.27 bits per heavy atom. The van der Waals surface area contributed by atoms with Crippen LogP contribution >= 0.6 is 0 Å². The Kier molecular flexibility index (Phi) is 4.45. The van der Waals surface area contributed by atoms with Gasteiger partial charge in [0.15, 0.2) is 0 Å². The SMILES string of the molecule is CC[C@H](CO)C(=N)C(=O)OC. The van der Waals surface area contributed by atoms with Crippen molar-refractivity contribution in [2.24, 2.45) is 5.92 Å². The van der Waals surface area contributed by atoms with Crippen LogP contribution in [0.25, 0.3) is 0 Å². The van der Waals surface area contributed by atoms with Gasteiger partial charge in [-0.15, -0.1) is 0 Å². The van der Waals surface area contributed by atoms with E-state index >= 15 is 0 Å². The summed E-state index contributed by atoms with van der Waals surface area (Å²) in [5.74, 6) is -1.05. The van der Waals surface area contributed by atoms with E-state index in [1.54, 1.807) is 6.92 Å². The van der Waals surface area contributed by atoms with Gasteiger partial charge in [-0.2, -0.15) is 0 Å². The van der Waals surface area contributed by atoms with Gasteiger partial charge in [-0.3, -0.25) is 5.41 Å². The molecule has 0 bridgehead atoms. The number of rotatable bonds is 4. The van der Waals surface area contributed by atoms with Gasteiger partial charge < -0.3 is 9.84 Å². The summed E-state index contributed by atoms with van der Waals surface area (Å²) in [5.41, 5.74) is -0.155. The number of nitrogens with one attached hydrogen (secondary N) is 1. The zero-order valence-electron chi connectivity index (χ0n) is 6.76. The van der Waals surface area contributed by atoms with Gasteiger partial charge in [-0.1, -0.05) is 6.92 Å². The molecule has 0 rings (SSSR count). The van der Waals surface area contributed by atoms with E-state index in [0.717, 1.165) is 0 Å². The Hall–Kier alpha value is -0.900. The predicted octanol–water partition coefficient (Wildman–Crippen LogP) is 0.198. The van der Waals surface area contributed by atoms with E-state index in [0.29, 0.717) is 6.42 Å². The summed E-state index contributed by atoms with van der Waals surface area (Å²) in [4.78, 5) is 10.7. The molecule has 0 saturated heterocycles. The lowest BCUT2D eigenvalue weighted by molar-refractivity contribution is -0.133. The van der Waals surface area contributed by atoms with E-state index in [2.05, 4.69) is 4.74 Å². The number of aliphatic hydroxyl groups excluding tert-OH is 1. The molecule has 0 aliphatic heterocycles. The zero-order valence-corrected chi connectivity index (χ0v) is 6.76. The first-order valence-electron chi connectivity index (χ1n) is 3.45. The van der Waals surface area contributed by atoms with Crippen molar-refractivity contribution in [2.75, 3.05) is 13.7 Å². The topological polar surface area (TPSA) is 70.4 Å². The Balaban J connectivity index is 4.09. The molecular weight excluding hydrogens is 146 g/mol. The van der Waals surface area contributed by atoms with Crippen molar-refractivity contribution >= 4 is 11.7 Å². The molecule has 0 aliphatic carbocycles. The van der Waals surface area contributed by atoms with Crippen LogP contribution in [0.4, 0.5) is 0 Å². The van der Waals surface area contributed by atoms with Crippen LogP contribution in [0.1, 0.15) is 13.3 Å². The largest absolute Gasteiger partial charge is 0.465 e. The number of esters is 1. The molecule has 0 spiro atoms. The summed E-state index contributed by atoms with van der Waals surface area (Å²) in [5, 5.41) is 15.9. The average Bonchev–Trinajstić information content (AvgIpc) is 2.05. The van der Waals surface area contributed by atoms with Crippen LogP contribution in [0.2, 0.25) is 0 Å². The second-order valence-electron chi connectivity index (χ2n) is 2.19. The van der Waals surface area contributed by atoms with Crippen LogP contribution in [0.5, 0.6) is 0 Å². The molecule has 4 nitrogen and oxygen atoms in total. The van der Waals surface area contributed by atoms with Gasteiger partial charge in [-0.05, 0) is 6.42 Å². The molecule has 64 valence electrons. The molecule has 0 aromatic carbocycles. The van der Waals surface area contributed by atoms with Crippen molar-refractivity contribution in [2.45, 2.75) is 13.3 Å². The van der Waals surface area contributed by atoms with E-state index < -0.39 is 5.97 Å². The Labute approximate surface area is 65.7 Å². The highest BCUT2D eigenvalue weighted by Gasteiger charge is 2.18. The minimum absolute atomic E-state index is 0.155. The van der Waals surface area contributed by atoms with Gasteiger partial charge in [0.2, 0.25) is 0 Å². The van der Waals surface area contributed by atoms with Gasteiger partial charge in [0, 0.05) is 5.92 Å². The third-order valence-electron chi connectivity index (χ3n) is 1.53. The quantitative estimate of drug-likeness (QED) is 0.454. The molecule has 0 unspecified atom stereocenters. The third kappa shape index (κ3) is 2.67. The van der Waals surface area contributed by atoms with E-state index in [1.807, 2.05) is 0 Å². The van der Waals surface area contributed by atoms with Crippen molar-refractivity contribution in [1.29, 1.82) is 5.41 Å². The first kappa shape index (κ1) is 10.1. The molecule has 4 heteroatoms. The van der Waals surface area contributed by atoms with Gasteiger partial charge in [0.25, 0.3) is 0 Å². The van der Waals surface area contributed by atoms with Crippen molar-refractivity contribution in [1.82, 2.24) is 0 Å². The number of carbonyl (C=O) groups excluding carboxylic acids is 1. The van der Waals surface area contributed by atoms with Crippen LogP contribution in [-0.4, -0.2) is 30.5 Å². The molecule has 0 saturated carbocycles. The lowest BCUT2D eigenvalue weighted by atomic mass is 10.0. The normalized spacial score (nSPS) is 12.3. The van der Waals surface area contributed by atoms with E-state index in [9.17, 15) is 4.79 Å². The molecule has 0 aromatic rings. The highest BCUT2D eigenvalue weighted by Crippen LogP contribution is 2.03. The first-order chi connectivity index (χ1) is 5.17. The van der Waals surface area contributed by atoms with Crippen LogP contribution in [0.15, 0.2) is 0 Å². The fourth-order valence-corrected chi connectivity index (χ4v) is 0.701. The van der Waals surface area contributed by atoms with Crippen molar-refractivity contribution in [3.8, 4) is 0 Å². The maximum atomic E-state index is 10.7. The van der Waals surface area contributed by atoms with E-state index in [-0.39, 0.29) is 18.2 Å². The van der Waals surface area contributed by atoms with Gasteiger partial charge in [-0.25, -0.2) is 4.79 Å². The van der Waals surface area contributed by atoms with Gasteiger partial charge >= 0.3 is 5.97 Å². The number of ether oxygens (including phenoxy) is 1. The summed E-state index contributed by atoms with van der Waals surface area (Å²) in [6, 6.07) is 0. The van der Waals surface area contributed by atoms with Crippen molar-refractivity contribution in [3.63, 3.8) is 0 Å². The summed E-state index contributed by atoms with van der Waals surface area (Å²) >= 11 is 0. The maximum absolute atomic E-state index is 10.7. The molecule has 0 aromatic heterocycles. The highest BCUT2D eigenvalue weighted by molar-refractivity contribution is 6.35. The summed E-state index contributed by atoms with van der Waals surface area (Å²) in [7, 11) is 1.22. The number of aliphatic hydroxyl groups is 1. The molecule has 0 amide bonds. The Bertz CT molecular complexity index is 152. The number of methoxy groups -OCH3 is 1. The van der Waals surface area contributed by atoms with Crippen LogP contribution in [0.3, 0.4) is 0 Å². The average molecular weight is 159 g/mol. The number of hydrogen-bond acceptors (Lipinski definition) is 4. The molecule has 0 fully saturated rings. The Morgan fingerprint density at radius 3 is 2.55 bits per heavy atom. The lowest BCUT2D eigenvalue weighted by Gasteiger charge is -2.09. The first-order valence-corrected chi connectivity index (χ1v) is 3.45. The number of carbonyl (C=O) groups is 1. The molecule has 0 radical (unpaired) electrons. The third-order valence-corrected chi connectivity index (χ3v) is 1.53. The monoisotopic (exact) mass is 159 g/mol. The molecule has 0 aliphatic rings. The second-order valence-corrected chi connectivity index (χ2v) is 2.19. The summed E-state index contributed by atoms with van der Waals surface area (Å²) in [6.45, 7) is 1.63. The summed E-state index contributed by atoms with van der Waals surface area (Å²) in [6.07, 6.45) is 0.574. The van der Waals surface area contributed by atoms with Crippen LogP contribution < -0.4 is 0 Å². The smallest absolute Gasteiger partial charge is 0.352 e. The standard InChI is InChI=1S/C7H13NO3/c1-3-5(4-9)6(8)7(10)11-2/h5,8-9H,3-4H2,1-2H3/t5-/m1/s1. The lowest BCUT2D eigenvalue weighted by Crippen LogP contribution is -2.26. The molecule has 0 heterocycles. The minimum atomic E-state index is -0.661. The van der Waals surface area contributed by atoms with Crippen molar-refractivity contribution < 1.29 is 14.6 Å². The Morgan fingerprint density at radius 1 is 1.73 bits per heavy atom. The summed E-state index contributed by atoms with van der Waals surface area (Å²) < 4.78 is 4.32. The van der Waals surface area contributed by atoms with E-state index in [1.165, 1.54) is 7.11 Å². The fourth-order valence-electron chi connectivity index (χ4n) is 0.701. The minimum Gasteiger partial charge on any atom is -0.465 e. The highest BCUT2D eigenvalue weighted by atomic mass is 16.5. The van der Waals surface area contributed by atoms with Crippen molar-refractivity contribution in [3.05, 3.63) is 0 Å². The zero-order chi connectivity index (χ0) is 8.85. The van der Waals surface area contributed by atoms with Crippen LogP contribution in [-0.2, 0) is 9.53 Å². The van der Waals surface area contributed by atoms with Crippen LogP contribution in [0, 0.1) is 11.3 Å². The molecule has 2 N–H and O–H groups in total. The van der Waals surface area contributed by atoms with Gasteiger partial charge in [0.05, 0.1) is 13.7 Å². The maximum Gasteiger partial charge on any atom is 0.352 e. The molecule has 11 heavy (non-hydrogen) atoms. The second kappa shape index (κ2) is 4.85. The predicted molar refractivity (Wildman–Crippen MR) is 40.6 cm³/mol. The number of hydrogen-bond donors (Lipinski definition) is 2. The fraction of sp³-hybridized carbons (Fsp3) is 0.714. The van der Waals surface area contributed by atoms with Gasteiger partial charge in [0.1, 0.15) is 5.71 Å². The molecular formula is C7H13NO3. The van der Waals surface area contributed by atoms with E-state index in [4.69, 9.17) is 10.5 Å². The molecule has 1 atom stereocenters.